The molecule has 1 atom stereocenters. The highest BCUT2D eigenvalue weighted by Gasteiger charge is 2.32. The van der Waals surface area contributed by atoms with Gasteiger partial charge in [-0.25, -0.2) is 4.39 Å². The van der Waals surface area contributed by atoms with Crippen LogP contribution in [0.2, 0.25) is 0 Å². The molecule has 0 saturated carbocycles. The van der Waals surface area contributed by atoms with Crippen molar-refractivity contribution in [1.29, 1.82) is 0 Å². The summed E-state index contributed by atoms with van der Waals surface area (Å²) in [7, 11) is 0. The topological polar surface area (TPSA) is 56.1 Å². The van der Waals surface area contributed by atoms with Gasteiger partial charge >= 0.3 is 0 Å². The van der Waals surface area contributed by atoms with Crippen LogP contribution in [-0.2, 0) is 4.79 Å². The van der Waals surface area contributed by atoms with Gasteiger partial charge in [0.25, 0.3) is 5.91 Å². The molecule has 1 amide bonds. The first kappa shape index (κ1) is 17.9. The molecule has 1 saturated heterocycles. The lowest BCUT2D eigenvalue weighted by Gasteiger charge is -2.26. The van der Waals surface area contributed by atoms with Crippen LogP contribution in [0.1, 0.15) is 25.8 Å². The van der Waals surface area contributed by atoms with Crippen LogP contribution in [0.4, 0.5) is 4.39 Å². The summed E-state index contributed by atoms with van der Waals surface area (Å²) in [5, 5.41) is 10.5. The van der Waals surface area contributed by atoms with Gasteiger partial charge in [-0.3, -0.25) is 9.69 Å². The smallest absolute Gasteiger partial charge is 0.286 e. The average molecular weight is 363 g/mol. The third-order valence-corrected chi connectivity index (χ3v) is 5.70. The number of carbonyl (C=O) groups excluding carboxylic acids is 1. The minimum absolute atomic E-state index is 0.183. The summed E-state index contributed by atoms with van der Waals surface area (Å²) in [6.07, 6.45) is 2.63. The fraction of sp³-hybridized carbons (Fsp3) is 0.444. The van der Waals surface area contributed by atoms with Crippen molar-refractivity contribution in [3.63, 3.8) is 0 Å². The molecule has 7 heteroatoms. The summed E-state index contributed by atoms with van der Waals surface area (Å²) in [4.78, 5) is 21.4. The van der Waals surface area contributed by atoms with E-state index in [1.807, 2.05) is 0 Å². The molecule has 1 fully saturated rings. The Balaban J connectivity index is 1.70. The summed E-state index contributed by atoms with van der Waals surface area (Å²) >= 11 is 1.32. The molecule has 0 aromatic heterocycles. The molecule has 2 aliphatic rings. The quantitative estimate of drug-likeness (QED) is 0.834. The van der Waals surface area contributed by atoms with Crippen molar-refractivity contribution in [3.8, 4) is 5.75 Å². The van der Waals surface area contributed by atoms with Crippen LogP contribution in [-0.4, -0.2) is 58.2 Å². The standard InChI is InChI=1S/C18H22FN3O2S/c1-3-21(4-2)14-7-8-22(11-14)18-20-17(24)16(25-18)9-12-5-6-13(19)10-15(12)23/h5-6,9-10,14,23H,3-4,7-8,11H2,1-2H3/b16-9-. The number of benzene rings is 1. The summed E-state index contributed by atoms with van der Waals surface area (Å²) in [5.41, 5.74) is 0.413. The lowest BCUT2D eigenvalue weighted by Crippen LogP contribution is -2.38. The highest BCUT2D eigenvalue weighted by molar-refractivity contribution is 8.18. The van der Waals surface area contributed by atoms with Crippen molar-refractivity contribution in [2.45, 2.75) is 26.3 Å². The molecule has 0 radical (unpaired) electrons. The zero-order valence-corrected chi connectivity index (χ0v) is 15.2. The van der Waals surface area contributed by atoms with E-state index in [2.05, 4.69) is 28.6 Å². The number of phenolic OH excluding ortho intramolecular Hbond substituents is 1. The van der Waals surface area contributed by atoms with Crippen LogP contribution in [0.5, 0.6) is 5.75 Å². The molecule has 0 spiro atoms. The zero-order valence-electron chi connectivity index (χ0n) is 14.4. The fourth-order valence-electron chi connectivity index (χ4n) is 3.27. The molecule has 5 nitrogen and oxygen atoms in total. The molecule has 0 aliphatic carbocycles. The zero-order chi connectivity index (χ0) is 18.0. The number of amidine groups is 1. The predicted octanol–water partition coefficient (Wildman–Crippen LogP) is 2.92. The number of hydrogen-bond acceptors (Lipinski definition) is 5. The molecule has 2 heterocycles. The molecule has 3 rings (SSSR count). The van der Waals surface area contributed by atoms with E-state index in [0.717, 1.165) is 38.7 Å². The number of phenols is 1. The van der Waals surface area contributed by atoms with Crippen molar-refractivity contribution >= 4 is 28.9 Å². The van der Waals surface area contributed by atoms with E-state index in [-0.39, 0.29) is 11.7 Å². The van der Waals surface area contributed by atoms with Crippen molar-refractivity contribution in [3.05, 3.63) is 34.5 Å². The molecule has 25 heavy (non-hydrogen) atoms. The maximum Gasteiger partial charge on any atom is 0.286 e. The minimum atomic E-state index is -0.512. The van der Waals surface area contributed by atoms with Gasteiger partial charge in [0.15, 0.2) is 5.17 Å². The summed E-state index contributed by atoms with van der Waals surface area (Å²) in [6, 6.07) is 4.23. The van der Waals surface area contributed by atoms with Gasteiger partial charge < -0.3 is 10.0 Å². The number of halogens is 1. The van der Waals surface area contributed by atoms with E-state index in [1.54, 1.807) is 6.08 Å². The van der Waals surface area contributed by atoms with E-state index in [4.69, 9.17) is 0 Å². The number of aromatic hydroxyl groups is 1. The number of amides is 1. The van der Waals surface area contributed by atoms with Crippen molar-refractivity contribution in [2.24, 2.45) is 4.99 Å². The second kappa shape index (κ2) is 7.58. The first-order valence-electron chi connectivity index (χ1n) is 8.51. The Morgan fingerprint density at radius 2 is 2.20 bits per heavy atom. The molecular weight excluding hydrogens is 341 g/mol. The maximum absolute atomic E-state index is 13.1. The molecule has 134 valence electrons. The van der Waals surface area contributed by atoms with Crippen LogP contribution >= 0.6 is 11.8 Å². The Morgan fingerprint density at radius 3 is 2.88 bits per heavy atom. The fourth-order valence-corrected chi connectivity index (χ4v) is 4.21. The number of rotatable bonds is 4. The summed E-state index contributed by atoms with van der Waals surface area (Å²) < 4.78 is 13.1. The highest BCUT2D eigenvalue weighted by atomic mass is 32.2. The number of aliphatic imine (C=N–C) groups is 1. The molecule has 1 aromatic carbocycles. The van der Waals surface area contributed by atoms with Gasteiger partial charge in [-0.2, -0.15) is 4.99 Å². The van der Waals surface area contributed by atoms with Crippen molar-refractivity contribution < 1.29 is 14.3 Å². The predicted molar refractivity (Wildman–Crippen MR) is 99.0 cm³/mol. The molecular formula is C18H22FN3O2S. The number of carbonyl (C=O) groups is 1. The molecule has 1 aromatic rings. The lowest BCUT2D eigenvalue weighted by molar-refractivity contribution is -0.113. The van der Waals surface area contributed by atoms with Gasteiger partial charge in [-0.15, -0.1) is 0 Å². The average Bonchev–Trinajstić information content (AvgIpc) is 3.19. The van der Waals surface area contributed by atoms with Crippen molar-refractivity contribution in [2.75, 3.05) is 26.2 Å². The second-order valence-electron chi connectivity index (χ2n) is 6.12. The van der Waals surface area contributed by atoms with Crippen LogP contribution in [0.15, 0.2) is 28.1 Å². The normalized spacial score (nSPS) is 22.3. The summed E-state index contributed by atoms with van der Waals surface area (Å²) in [5.74, 6) is -1.01. The lowest BCUT2D eigenvalue weighted by atomic mass is 10.2. The highest BCUT2D eigenvalue weighted by Crippen LogP contribution is 2.33. The van der Waals surface area contributed by atoms with Gasteiger partial charge in [0.2, 0.25) is 0 Å². The number of thioether (sulfide) groups is 1. The van der Waals surface area contributed by atoms with Gasteiger partial charge in [0.05, 0.1) is 4.91 Å². The van der Waals surface area contributed by atoms with E-state index >= 15 is 0 Å². The number of likely N-dealkylation sites (N-methyl/N-ethyl adjacent to an activating group) is 1. The van der Waals surface area contributed by atoms with Crippen LogP contribution in [0, 0.1) is 5.82 Å². The van der Waals surface area contributed by atoms with E-state index in [9.17, 15) is 14.3 Å². The third-order valence-electron chi connectivity index (χ3n) is 4.65. The molecule has 1 unspecified atom stereocenters. The van der Waals surface area contributed by atoms with Crippen LogP contribution < -0.4 is 0 Å². The second-order valence-corrected chi connectivity index (χ2v) is 7.13. The van der Waals surface area contributed by atoms with Gasteiger partial charge in [-0.05, 0) is 49.5 Å². The molecule has 1 N–H and O–H groups in total. The Morgan fingerprint density at radius 1 is 1.44 bits per heavy atom. The van der Waals surface area contributed by atoms with Crippen LogP contribution in [0.3, 0.4) is 0 Å². The van der Waals surface area contributed by atoms with Crippen LogP contribution in [0.25, 0.3) is 6.08 Å². The number of likely N-dealkylation sites (tertiary alicyclic amines) is 1. The first-order chi connectivity index (χ1) is 12.0. The largest absolute Gasteiger partial charge is 0.507 e. The third kappa shape index (κ3) is 3.88. The Kier molecular flexibility index (Phi) is 5.44. The van der Waals surface area contributed by atoms with E-state index < -0.39 is 5.82 Å². The Labute approximate surface area is 151 Å². The van der Waals surface area contributed by atoms with Gasteiger partial charge in [-0.1, -0.05) is 13.8 Å². The Hall–Kier alpha value is -1.86. The van der Waals surface area contributed by atoms with Crippen molar-refractivity contribution in [1.82, 2.24) is 9.80 Å². The SMILES string of the molecule is CCN(CC)C1CCN(C2=NC(=O)/C(=C/c3ccc(F)cc3O)S2)C1. The van der Waals surface area contributed by atoms with Gasteiger partial charge in [0, 0.05) is 30.8 Å². The summed E-state index contributed by atoms with van der Waals surface area (Å²) in [6.45, 7) is 8.11. The van der Waals surface area contributed by atoms with E-state index in [1.165, 1.54) is 23.9 Å². The monoisotopic (exact) mass is 363 g/mol. The maximum atomic E-state index is 13.1. The minimum Gasteiger partial charge on any atom is -0.507 e. The number of nitrogens with zero attached hydrogens (tertiary/aromatic N) is 3. The first-order valence-corrected chi connectivity index (χ1v) is 9.33. The molecule has 0 bridgehead atoms. The number of hydrogen-bond donors (Lipinski definition) is 1. The van der Waals surface area contributed by atoms with E-state index in [0.29, 0.717) is 21.7 Å². The van der Waals surface area contributed by atoms with Gasteiger partial charge in [0.1, 0.15) is 11.6 Å². The Bertz CT molecular complexity index is 731. The molecule has 2 aliphatic heterocycles.